The van der Waals surface area contributed by atoms with E-state index in [0.717, 1.165) is 24.3 Å². The summed E-state index contributed by atoms with van der Waals surface area (Å²) in [5.41, 5.74) is 1.59. The maximum atomic E-state index is 12.8. The minimum atomic E-state index is -2.29. The van der Waals surface area contributed by atoms with Crippen LogP contribution in [0.15, 0.2) is 24.3 Å². The highest BCUT2D eigenvalue weighted by Gasteiger charge is 2.55. The molecule has 1 heterocycles. The molecule has 2 aliphatic rings. The van der Waals surface area contributed by atoms with Crippen LogP contribution >= 0.6 is 11.8 Å². The number of hydrogen-bond acceptors (Lipinski definition) is 9. The van der Waals surface area contributed by atoms with Crippen molar-refractivity contribution in [1.29, 1.82) is 0 Å². The Morgan fingerprint density at radius 1 is 1.15 bits per heavy atom. The molecule has 41 heavy (non-hydrogen) atoms. The summed E-state index contributed by atoms with van der Waals surface area (Å²) in [6.07, 6.45) is -0.434. The third-order valence-corrected chi connectivity index (χ3v) is 8.68. The van der Waals surface area contributed by atoms with Crippen LogP contribution in [0.5, 0.6) is 0 Å². The Balaban J connectivity index is 1.66. The quantitative estimate of drug-likeness (QED) is 0.174. The maximum Gasteiger partial charge on any atom is 0.364 e. The summed E-state index contributed by atoms with van der Waals surface area (Å²) in [5, 5.41) is 47.6. The van der Waals surface area contributed by atoms with E-state index < -0.39 is 60.4 Å². The molecule has 0 aromatic heterocycles. The highest BCUT2D eigenvalue weighted by atomic mass is 32.2. The Bertz CT molecular complexity index is 1000. The van der Waals surface area contributed by atoms with Gasteiger partial charge in [-0.3, -0.25) is 9.59 Å². The van der Waals surface area contributed by atoms with E-state index in [-0.39, 0.29) is 13.2 Å². The van der Waals surface area contributed by atoms with Crippen molar-refractivity contribution in [3.8, 4) is 0 Å². The highest BCUT2D eigenvalue weighted by Crippen LogP contribution is 2.34. The van der Waals surface area contributed by atoms with E-state index in [1.807, 2.05) is 19.1 Å². The first-order valence-electron chi connectivity index (χ1n) is 14.4. The molecule has 3 rings (SSSR count). The summed E-state index contributed by atoms with van der Waals surface area (Å²) in [4.78, 5) is 36.8. The molecule has 1 aliphatic carbocycles. The maximum absolute atomic E-state index is 12.8. The van der Waals surface area contributed by atoms with E-state index in [4.69, 9.17) is 9.47 Å². The zero-order chi connectivity index (χ0) is 30.0. The van der Waals surface area contributed by atoms with Gasteiger partial charge in [0.2, 0.25) is 5.91 Å². The average molecular weight is 597 g/mol. The number of aliphatic carboxylic acids is 1. The van der Waals surface area contributed by atoms with E-state index in [2.05, 4.69) is 10.6 Å². The zero-order valence-corrected chi connectivity index (χ0v) is 24.6. The molecule has 2 amide bonds. The van der Waals surface area contributed by atoms with Crippen molar-refractivity contribution in [1.82, 2.24) is 10.6 Å². The van der Waals surface area contributed by atoms with E-state index in [9.17, 15) is 34.8 Å². The van der Waals surface area contributed by atoms with Gasteiger partial charge in [0, 0.05) is 25.5 Å². The number of ether oxygens (including phenoxy) is 2. The molecule has 6 atom stereocenters. The third-order valence-electron chi connectivity index (χ3n) is 7.69. The molecule has 1 aliphatic heterocycles. The SMILES string of the molecule is CCSCCCO[C@]1(C(=O)O)C[C@H](O)[C@@H](NC(C)=O)[C@H]([C@H](O)[C@H](O)CNC(=O)c2ccc(C3CCCCC3)cc2)O1. The van der Waals surface area contributed by atoms with Crippen LogP contribution < -0.4 is 10.6 Å². The molecule has 0 unspecified atom stereocenters. The van der Waals surface area contributed by atoms with Crippen LogP contribution in [0.3, 0.4) is 0 Å². The first kappa shape index (κ1) is 33.3. The molecule has 0 spiro atoms. The van der Waals surface area contributed by atoms with Crippen LogP contribution in [0.1, 0.15) is 80.6 Å². The van der Waals surface area contributed by atoms with Crippen LogP contribution in [0.25, 0.3) is 0 Å². The monoisotopic (exact) mass is 596 g/mol. The summed E-state index contributed by atoms with van der Waals surface area (Å²) in [6.45, 7) is 2.84. The molecular weight excluding hydrogens is 552 g/mol. The van der Waals surface area contributed by atoms with Gasteiger partial charge in [-0.15, -0.1) is 0 Å². The highest BCUT2D eigenvalue weighted by molar-refractivity contribution is 7.99. The van der Waals surface area contributed by atoms with Gasteiger partial charge in [-0.1, -0.05) is 38.3 Å². The number of amides is 2. The number of thioether (sulfide) groups is 1. The lowest BCUT2D eigenvalue weighted by Crippen LogP contribution is -2.68. The molecule has 0 bridgehead atoms. The Morgan fingerprint density at radius 3 is 2.44 bits per heavy atom. The summed E-state index contributed by atoms with van der Waals surface area (Å²) in [5.74, 6) is -2.67. The van der Waals surface area contributed by atoms with Gasteiger partial charge in [-0.25, -0.2) is 4.79 Å². The van der Waals surface area contributed by atoms with E-state index in [1.54, 1.807) is 23.9 Å². The number of aliphatic hydroxyl groups is 3. The van der Waals surface area contributed by atoms with Gasteiger partial charge in [0.05, 0.1) is 24.9 Å². The van der Waals surface area contributed by atoms with Crippen molar-refractivity contribution in [2.75, 3.05) is 24.7 Å². The smallest absolute Gasteiger partial charge is 0.364 e. The lowest BCUT2D eigenvalue weighted by atomic mass is 9.84. The van der Waals surface area contributed by atoms with Crippen molar-refractivity contribution >= 4 is 29.5 Å². The lowest BCUT2D eigenvalue weighted by molar-refractivity contribution is -0.310. The molecule has 1 saturated carbocycles. The first-order valence-corrected chi connectivity index (χ1v) is 15.6. The number of nitrogens with one attached hydrogen (secondary N) is 2. The van der Waals surface area contributed by atoms with E-state index in [0.29, 0.717) is 17.9 Å². The van der Waals surface area contributed by atoms with Crippen molar-refractivity contribution in [3.63, 3.8) is 0 Å². The number of rotatable bonds is 14. The van der Waals surface area contributed by atoms with Crippen molar-refractivity contribution < 1.29 is 44.3 Å². The Labute approximate surface area is 245 Å². The number of carbonyl (C=O) groups is 3. The fraction of sp³-hybridized carbons (Fsp3) is 0.690. The number of benzene rings is 1. The van der Waals surface area contributed by atoms with Gasteiger partial charge >= 0.3 is 5.97 Å². The van der Waals surface area contributed by atoms with Crippen LogP contribution in [-0.4, -0.2) is 99.1 Å². The molecule has 1 saturated heterocycles. The summed E-state index contributed by atoms with van der Waals surface area (Å²) < 4.78 is 11.3. The lowest BCUT2D eigenvalue weighted by Gasteiger charge is -2.46. The van der Waals surface area contributed by atoms with E-state index in [1.165, 1.54) is 31.7 Å². The molecule has 6 N–H and O–H groups in total. The first-order chi connectivity index (χ1) is 19.6. The third kappa shape index (κ3) is 9.13. The Kier molecular flexibility index (Phi) is 12.9. The van der Waals surface area contributed by atoms with Crippen LogP contribution in [0.4, 0.5) is 0 Å². The summed E-state index contributed by atoms with van der Waals surface area (Å²) >= 11 is 1.66. The minimum absolute atomic E-state index is 0.0256. The summed E-state index contributed by atoms with van der Waals surface area (Å²) in [7, 11) is 0. The second kappa shape index (κ2) is 15.9. The fourth-order valence-corrected chi connectivity index (χ4v) is 6.08. The Hall–Kier alpha value is -2.22. The van der Waals surface area contributed by atoms with Crippen LogP contribution in [0.2, 0.25) is 0 Å². The van der Waals surface area contributed by atoms with Crippen molar-refractivity contribution in [3.05, 3.63) is 35.4 Å². The topological polar surface area (TPSA) is 175 Å². The van der Waals surface area contributed by atoms with Gasteiger partial charge in [-0.05, 0) is 54.4 Å². The number of carboxylic acids is 1. The number of hydrogen-bond donors (Lipinski definition) is 6. The van der Waals surface area contributed by atoms with Crippen molar-refractivity contribution in [2.45, 2.75) is 101 Å². The molecule has 1 aromatic rings. The fourth-order valence-electron chi connectivity index (χ4n) is 5.47. The molecule has 1 aromatic carbocycles. The van der Waals surface area contributed by atoms with Gasteiger partial charge in [0.1, 0.15) is 12.2 Å². The number of carbonyl (C=O) groups excluding carboxylic acids is 2. The predicted octanol–water partition coefficient (Wildman–Crippen LogP) is 1.78. The zero-order valence-electron chi connectivity index (χ0n) is 23.8. The van der Waals surface area contributed by atoms with Gasteiger partial charge in [0.15, 0.2) is 0 Å². The molecule has 2 fully saturated rings. The second-order valence-corrected chi connectivity index (χ2v) is 12.2. The largest absolute Gasteiger partial charge is 0.477 e. The standard InChI is InChI=1S/C29H44N2O9S/c1-3-41-15-7-14-39-29(28(37)38)16-22(33)24(31-18(2)32)26(40-29)25(35)23(34)17-30-27(36)21-12-10-20(11-13-21)19-8-5-4-6-9-19/h10-13,19,22-26,33-35H,3-9,14-17H2,1-2H3,(H,30,36)(H,31,32)(H,37,38)/t22-,23+,24+,25+,26+,29+/m0/s1. The molecule has 230 valence electrons. The number of carboxylic acid groups (broad SMARTS) is 1. The average Bonchev–Trinajstić information content (AvgIpc) is 2.96. The molecular formula is C29H44N2O9S. The van der Waals surface area contributed by atoms with E-state index >= 15 is 0 Å². The van der Waals surface area contributed by atoms with Gasteiger partial charge in [0.25, 0.3) is 11.7 Å². The second-order valence-electron chi connectivity index (χ2n) is 10.8. The molecule has 0 radical (unpaired) electrons. The molecule has 11 nitrogen and oxygen atoms in total. The van der Waals surface area contributed by atoms with Crippen molar-refractivity contribution in [2.24, 2.45) is 0 Å². The van der Waals surface area contributed by atoms with Gasteiger partial charge in [-0.2, -0.15) is 11.8 Å². The Morgan fingerprint density at radius 2 is 1.83 bits per heavy atom. The minimum Gasteiger partial charge on any atom is -0.477 e. The van der Waals surface area contributed by atoms with Crippen LogP contribution in [0, 0.1) is 0 Å². The van der Waals surface area contributed by atoms with Crippen LogP contribution in [-0.2, 0) is 19.1 Å². The normalized spacial score (nSPS) is 26.6. The van der Waals surface area contributed by atoms with Gasteiger partial charge < -0.3 is 40.5 Å². The summed E-state index contributed by atoms with van der Waals surface area (Å²) in [6, 6.07) is 6.11. The predicted molar refractivity (Wildman–Crippen MR) is 154 cm³/mol. The number of aliphatic hydroxyl groups excluding tert-OH is 3. The molecule has 12 heteroatoms.